The van der Waals surface area contributed by atoms with Crippen molar-refractivity contribution in [3.63, 3.8) is 0 Å². The van der Waals surface area contributed by atoms with Gasteiger partial charge in [0.15, 0.2) is 4.96 Å². The molecule has 0 N–H and O–H groups in total. The Morgan fingerprint density at radius 2 is 2.05 bits per heavy atom. The summed E-state index contributed by atoms with van der Waals surface area (Å²) in [5.41, 5.74) is 4.15. The summed E-state index contributed by atoms with van der Waals surface area (Å²) in [5, 5.41) is 9.14. The fourth-order valence-electron chi connectivity index (χ4n) is 2.52. The molecule has 3 heterocycles. The second kappa shape index (κ2) is 5.06. The number of nitriles is 1. The Bertz CT molecular complexity index is 793. The number of rotatable bonds is 3. The van der Waals surface area contributed by atoms with Gasteiger partial charge in [-0.25, -0.2) is 4.98 Å². The number of aromatic nitrogens is 3. The third-order valence-corrected chi connectivity index (χ3v) is 4.40. The van der Waals surface area contributed by atoms with E-state index in [1.54, 1.807) is 23.7 Å². The van der Waals surface area contributed by atoms with Crippen LogP contribution in [0.25, 0.3) is 16.2 Å². The molecule has 4 nitrogen and oxygen atoms in total. The smallest absolute Gasteiger partial charge is 0.194 e. The van der Waals surface area contributed by atoms with Crippen molar-refractivity contribution in [3.8, 4) is 17.3 Å². The van der Waals surface area contributed by atoms with Crippen molar-refractivity contribution < 1.29 is 0 Å². The number of nitrogens with zero attached hydrogens (tertiary/aromatic N) is 4. The van der Waals surface area contributed by atoms with Crippen molar-refractivity contribution in [2.24, 2.45) is 0 Å². The van der Waals surface area contributed by atoms with Gasteiger partial charge in [-0.15, -0.1) is 11.3 Å². The molecule has 0 aliphatic carbocycles. The van der Waals surface area contributed by atoms with Gasteiger partial charge in [0, 0.05) is 28.5 Å². The Hall–Kier alpha value is -2.19. The largest absolute Gasteiger partial charge is 0.290 e. The summed E-state index contributed by atoms with van der Waals surface area (Å²) in [7, 11) is 0. The molecule has 0 aromatic carbocycles. The number of hydrogen-bond donors (Lipinski definition) is 0. The maximum Gasteiger partial charge on any atom is 0.194 e. The minimum Gasteiger partial charge on any atom is -0.290 e. The molecule has 0 bridgehead atoms. The minimum atomic E-state index is 0.363. The summed E-state index contributed by atoms with van der Waals surface area (Å²) in [6.07, 6.45) is 4.81. The summed E-state index contributed by atoms with van der Waals surface area (Å²) in [4.78, 5) is 11.0. The zero-order chi connectivity index (χ0) is 14.1. The summed E-state index contributed by atoms with van der Waals surface area (Å²) in [5.74, 6) is 0. The molecule has 0 fully saturated rings. The lowest BCUT2D eigenvalue weighted by Gasteiger charge is -2.03. The van der Waals surface area contributed by atoms with Gasteiger partial charge in [0.05, 0.1) is 23.9 Å². The Balaban J connectivity index is 2.31. The van der Waals surface area contributed by atoms with Crippen LogP contribution in [0.3, 0.4) is 0 Å². The van der Waals surface area contributed by atoms with Crippen LogP contribution in [-0.2, 0) is 12.8 Å². The molecule has 3 aromatic heterocycles. The maximum absolute atomic E-state index is 9.14. The van der Waals surface area contributed by atoms with Gasteiger partial charge in [-0.3, -0.25) is 9.38 Å². The fourth-order valence-corrected chi connectivity index (χ4v) is 3.59. The first-order chi connectivity index (χ1) is 9.76. The van der Waals surface area contributed by atoms with Crippen molar-refractivity contribution >= 4 is 16.3 Å². The van der Waals surface area contributed by atoms with Crippen LogP contribution >= 0.6 is 11.3 Å². The molecule has 100 valence electrons. The SMILES string of the molecule is CCc1c(C)sc2nc(-c3ccncc3)c(CC#N)n12. The molecule has 20 heavy (non-hydrogen) atoms. The van der Waals surface area contributed by atoms with E-state index in [2.05, 4.69) is 29.3 Å². The van der Waals surface area contributed by atoms with E-state index < -0.39 is 0 Å². The molecule has 0 saturated heterocycles. The zero-order valence-corrected chi connectivity index (χ0v) is 12.2. The lowest BCUT2D eigenvalue weighted by atomic mass is 10.1. The van der Waals surface area contributed by atoms with Gasteiger partial charge in [-0.05, 0) is 25.5 Å². The van der Waals surface area contributed by atoms with Crippen molar-refractivity contribution in [2.75, 3.05) is 0 Å². The molecule has 0 radical (unpaired) electrons. The second-order valence-electron chi connectivity index (χ2n) is 4.55. The number of imidazole rings is 1. The van der Waals surface area contributed by atoms with E-state index in [9.17, 15) is 0 Å². The number of aryl methyl sites for hydroxylation is 2. The Labute approximate surface area is 121 Å². The van der Waals surface area contributed by atoms with E-state index in [-0.39, 0.29) is 0 Å². The first-order valence-corrected chi connectivity index (χ1v) is 7.34. The highest BCUT2D eigenvalue weighted by atomic mass is 32.1. The van der Waals surface area contributed by atoms with Crippen molar-refractivity contribution in [2.45, 2.75) is 26.7 Å². The van der Waals surface area contributed by atoms with Crippen LogP contribution in [0.2, 0.25) is 0 Å². The molecular weight excluding hydrogens is 268 g/mol. The zero-order valence-electron chi connectivity index (χ0n) is 11.4. The second-order valence-corrected chi connectivity index (χ2v) is 5.74. The van der Waals surface area contributed by atoms with E-state index in [4.69, 9.17) is 10.2 Å². The van der Waals surface area contributed by atoms with Gasteiger partial charge in [0.25, 0.3) is 0 Å². The molecule has 0 unspecified atom stereocenters. The summed E-state index contributed by atoms with van der Waals surface area (Å²) >= 11 is 1.69. The van der Waals surface area contributed by atoms with Crippen LogP contribution in [0, 0.1) is 18.3 Å². The number of pyridine rings is 1. The lowest BCUT2D eigenvalue weighted by molar-refractivity contribution is 0.942. The van der Waals surface area contributed by atoms with Crippen LogP contribution in [0.4, 0.5) is 0 Å². The number of fused-ring (bicyclic) bond motifs is 1. The molecule has 0 spiro atoms. The third-order valence-electron chi connectivity index (χ3n) is 3.40. The van der Waals surface area contributed by atoms with Gasteiger partial charge in [0.1, 0.15) is 0 Å². The molecule has 0 aliphatic heterocycles. The highest BCUT2D eigenvalue weighted by Gasteiger charge is 2.18. The molecule has 0 saturated carbocycles. The normalized spacial score (nSPS) is 10.8. The highest BCUT2D eigenvalue weighted by Crippen LogP contribution is 2.31. The quantitative estimate of drug-likeness (QED) is 0.740. The molecule has 3 aromatic rings. The van der Waals surface area contributed by atoms with Crippen LogP contribution in [0.5, 0.6) is 0 Å². The van der Waals surface area contributed by atoms with Crippen LogP contribution in [0.1, 0.15) is 23.2 Å². The van der Waals surface area contributed by atoms with Crippen LogP contribution in [0.15, 0.2) is 24.5 Å². The predicted molar refractivity (Wildman–Crippen MR) is 79.7 cm³/mol. The van der Waals surface area contributed by atoms with E-state index in [1.807, 2.05) is 12.1 Å². The Morgan fingerprint density at radius 1 is 1.30 bits per heavy atom. The van der Waals surface area contributed by atoms with E-state index in [1.165, 1.54) is 10.6 Å². The summed E-state index contributed by atoms with van der Waals surface area (Å²) in [6.45, 7) is 4.25. The van der Waals surface area contributed by atoms with Crippen LogP contribution < -0.4 is 0 Å². The molecule has 5 heteroatoms. The van der Waals surface area contributed by atoms with Crippen molar-refractivity contribution in [1.82, 2.24) is 14.4 Å². The monoisotopic (exact) mass is 282 g/mol. The van der Waals surface area contributed by atoms with Crippen molar-refractivity contribution in [3.05, 3.63) is 40.8 Å². The average Bonchev–Trinajstić information content (AvgIpc) is 2.96. The Morgan fingerprint density at radius 3 is 2.70 bits per heavy atom. The molecule has 0 atom stereocenters. The minimum absolute atomic E-state index is 0.363. The van der Waals surface area contributed by atoms with E-state index in [0.29, 0.717) is 6.42 Å². The maximum atomic E-state index is 9.14. The lowest BCUT2D eigenvalue weighted by Crippen LogP contribution is -1.98. The first-order valence-electron chi connectivity index (χ1n) is 6.53. The first kappa shape index (κ1) is 12.8. The van der Waals surface area contributed by atoms with Crippen LogP contribution in [-0.4, -0.2) is 14.4 Å². The number of hydrogen-bond acceptors (Lipinski definition) is 4. The molecular formula is C15H14N4S. The fraction of sp³-hybridized carbons (Fsp3) is 0.267. The Kier molecular flexibility index (Phi) is 3.25. The standard InChI is InChI=1S/C15H14N4S/c1-3-12-10(2)20-15-18-14(11-5-8-17-9-6-11)13(4-7-16)19(12)15/h5-6,8-9H,3-4H2,1-2H3. The van der Waals surface area contributed by atoms with E-state index >= 15 is 0 Å². The van der Waals surface area contributed by atoms with E-state index in [0.717, 1.165) is 28.3 Å². The topological polar surface area (TPSA) is 54.0 Å². The molecule has 3 rings (SSSR count). The van der Waals surface area contributed by atoms with Gasteiger partial charge in [0.2, 0.25) is 0 Å². The van der Waals surface area contributed by atoms with Gasteiger partial charge in [-0.2, -0.15) is 5.26 Å². The molecule has 0 aliphatic rings. The summed E-state index contributed by atoms with van der Waals surface area (Å²) in [6, 6.07) is 6.13. The molecule has 0 amide bonds. The third kappa shape index (κ3) is 1.89. The van der Waals surface area contributed by atoms with Gasteiger partial charge >= 0.3 is 0 Å². The predicted octanol–water partition coefficient (Wildman–Crippen LogP) is 3.39. The van der Waals surface area contributed by atoms with Gasteiger partial charge in [-0.1, -0.05) is 6.92 Å². The highest BCUT2D eigenvalue weighted by molar-refractivity contribution is 7.17. The number of thiazole rings is 1. The summed E-state index contributed by atoms with van der Waals surface area (Å²) < 4.78 is 2.15. The average molecular weight is 282 g/mol. The van der Waals surface area contributed by atoms with Gasteiger partial charge < -0.3 is 0 Å². The van der Waals surface area contributed by atoms with Crippen molar-refractivity contribution in [1.29, 1.82) is 5.26 Å².